The summed E-state index contributed by atoms with van der Waals surface area (Å²) in [5.74, 6) is 0. The molecule has 0 bridgehead atoms. The van der Waals surface area contributed by atoms with Gasteiger partial charge in [0.25, 0.3) is 0 Å². The first-order valence-electron chi connectivity index (χ1n) is 5.02. The number of rotatable bonds is 2. The zero-order valence-corrected chi connectivity index (χ0v) is 8.99. The van der Waals surface area contributed by atoms with Gasteiger partial charge in [-0.25, -0.2) is 0 Å². The Bertz CT molecular complexity index is 284. The van der Waals surface area contributed by atoms with Crippen molar-refractivity contribution >= 4 is 11.3 Å². The van der Waals surface area contributed by atoms with Gasteiger partial charge in [0, 0.05) is 16.8 Å². The Balaban J connectivity index is 2.30. The molecular weight excluding hydrogens is 178 g/mol. The normalized spacial score (nSPS) is 20.8. The molecule has 1 fully saturated rings. The first-order valence-corrected chi connectivity index (χ1v) is 5.90. The van der Waals surface area contributed by atoms with Crippen molar-refractivity contribution in [3.8, 4) is 0 Å². The van der Waals surface area contributed by atoms with Gasteiger partial charge < -0.3 is 5.73 Å². The highest BCUT2D eigenvalue weighted by Gasteiger charge is 2.34. The third kappa shape index (κ3) is 1.53. The molecule has 1 nitrogen and oxygen atoms in total. The van der Waals surface area contributed by atoms with Gasteiger partial charge in [0.1, 0.15) is 0 Å². The van der Waals surface area contributed by atoms with Crippen LogP contribution in [0.15, 0.2) is 11.4 Å². The fraction of sp³-hybridized carbons (Fsp3) is 0.636. The second-order valence-electron chi connectivity index (χ2n) is 4.14. The Hall–Kier alpha value is -0.340. The summed E-state index contributed by atoms with van der Waals surface area (Å²) in [4.78, 5) is 1.41. The molecule has 1 aliphatic rings. The molecule has 0 spiro atoms. The predicted octanol–water partition coefficient (Wildman–Crippen LogP) is 2.83. The molecule has 1 saturated carbocycles. The number of thiophene rings is 1. The summed E-state index contributed by atoms with van der Waals surface area (Å²) in [5, 5.41) is 2.30. The van der Waals surface area contributed by atoms with Crippen molar-refractivity contribution in [1.82, 2.24) is 0 Å². The van der Waals surface area contributed by atoms with Gasteiger partial charge in [-0.3, -0.25) is 0 Å². The summed E-state index contributed by atoms with van der Waals surface area (Å²) in [5.41, 5.74) is 7.75. The largest absolute Gasteiger partial charge is 0.330 e. The molecule has 0 atom stereocenters. The van der Waals surface area contributed by atoms with Gasteiger partial charge >= 0.3 is 0 Å². The topological polar surface area (TPSA) is 26.0 Å². The SMILES string of the molecule is Cc1cc(C2(CN)CCCC2)cs1. The summed E-state index contributed by atoms with van der Waals surface area (Å²) in [6.07, 6.45) is 5.29. The molecule has 0 radical (unpaired) electrons. The van der Waals surface area contributed by atoms with Gasteiger partial charge in [0.15, 0.2) is 0 Å². The fourth-order valence-electron chi connectivity index (χ4n) is 2.38. The number of hydrogen-bond acceptors (Lipinski definition) is 2. The molecule has 1 aromatic rings. The van der Waals surface area contributed by atoms with Crippen LogP contribution in [-0.4, -0.2) is 6.54 Å². The lowest BCUT2D eigenvalue weighted by Gasteiger charge is -2.26. The van der Waals surface area contributed by atoms with E-state index < -0.39 is 0 Å². The van der Waals surface area contributed by atoms with E-state index >= 15 is 0 Å². The van der Waals surface area contributed by atoms with E-state index in [1.807, 2.05) is 11.3 Å². The maximum Gasteiger partial charge on any atom is 0.00838 e. The van der Waals surface area contributed by atoms with E-state index in [9.17, 15) is 0 Å². The van der Waals surface area contributed by atoms with Gasteiger partial charge in [-0.05, 0) is 36.8 Å². The lowest BCUT2D eigenvalue weighted by Crippen LogP contribution is -2.31. The maximum absolute atomic E-state index is 5.91. The Morgan fingerprint density at radius 3 is 2.62 bits per heavy atom. The van der Waals surface area contributed by atoms with Crippen molar-refractivity contribution in [2.75, 3.05) is 6.54 Å². The molecule has 0 amide bonds. The van der Waals surface area contributed by atoms with Crippen molar-refractivity contribution in [3.05, 3.63) is 21.9 Å². The van der Waals surface area contributed by atoms with E-state index in [4.69, 9.17) is 5.73 Å². The van der Waals surface area contributed by atoms with E-state index in [0.29, 0.717) is 5.41 Å². The van der Waals surface area contributed by atoms with Crippen molar-refractivity contribution < 1.29 is 0 Å². The van der Waals surface area contributed by atoms with Crippen LogP contribution in [0.5, 0.6) is 0 Å². The quantitative estimate of drug-likeness (QED) is 0.771. The summed E-state index contributed by atoms with van der Waals surface area (Å²) in [6.45, 7) is 3.00. The first kappa shape index (κ1) is 9.22. The Labute approximate surface area is 84.0 Å². The van der Waals surface area contributed by atoms with Gasteiger partial charge in [-0.1, -0.05) is 12.8 Å². The van der Waals surface area contributed by atoms with Crippen LogP contribution < -0.4 is 5.73 Å². The van der Waals surface area contributed by atoms with Crippen molar-refractivity contribution in [2.24, 2.45) is 5.73 Å². The standard InChI is InChI=1S/C11H17NS/c1-9-6-10(7-13-9)11(8-12)4-2-3-5-11/h6-7H,2-5,8,12H2,1H3. The highest BCUT2D eigenvalue weighted by molar-refractivity contribution is 7.10. The number of hydrogen-bond donors (Lipinski definition) is 1. The minimum absolute atomic E-state index is 0.338. The van der Waals surface area contributed by atoms with E-state index in [1.54, 1.807) is 0 Å². The van der Waals surface area contributed by atoms with Crippen LogP contribution in [-0.2, 0) is 5.41 Å². The lowest BCUT2D eigenvalue weighted by molar-refractivity contribution is 0.454. The molecule has 1 aromatic heterocycles. The van der Waals surface area contributed by atoms with Crippen LogP contribution >= 0.6 is 11.3 Å². The first-order chi connectivity index (χ1) is 6.27. The van der Waals surface area contributed by atoms with Gasteiger partial charge in [-0.15, -0.1) is 11.3 Å². The molecule has 0 aliphatic heterocycles. The van der Waals surface area contributed by atoms with Crippen LogP contribution in [0, 0.1) is 6.92 Å². The fourth-order valence-corrected chi connectivity index (χ4v) is 3.21. The van der Waals surface area contributed by atoms with Crippen LogP contribution in [0.25, 0.3) is 0 Å². The predicted molar refractivity (Wildman–Crippen MR) is 58.3 cm³/mol. The van der Waals surface area contributed by atoms with E-state index in [0.717, 1.165) is 6.54 Å². The van der Waals surface area contributed by atoms with Crippen molar-refractivity contribution in [2.45, 2.75) is 38.0 Å². The Kier molecular flexibility index (Phi) is 2.43. The number of aryl methyl sites for hydroxylation is 1. The summed E-state index contributed by atoms with van der Waals surface area (Å²) >= 11 is 1.85. The minimum Gasteiger partial charge on any atom is -0.330 e. The molecular formula is C11H17NS. The summed E-state index contributed by atoms with van der Waals surface area (Å²) in [6, 6.07) is 2.32. The molecule has 13 heavy (non-hydrogen) atoms. The highest BCUT2D eigenvalue weighted by Crippen LogP contribution is 2.41. The van der Waals surface area contributed by atoms with Crippen LogP contribution in [0.4, 0.5) is 0 Å². The molecule has 2 rings (SSSR count). The Morgan fingerprint density at radius 2 is 2.15 bits per heavy atom. The molecule has 1 aliphatic carbocycles. The molecule has 2 heteroatoms. The van der Waals surface area contributed by atoms with Crippen LogP contribution in [0.1, 0.15) is 36.1 Å². The second-order valence-corrected chi connectivity index (χ2v) is 5.25. The molecule has 1 heterocycles. The van der Waals surface area contributed by atoms with E-state index in [-0.39, 0.29) is 0 Å². The molecule has 0 aromatic carbocycles. The molecule has 2 N–H and O–H groups in total. The van der Waals surface area contributed by atoms with Crippen LogP contribution in [0.3, 0.4) is 0 Å². The third-order valence-electron chi connectivity index (χ3n) is 3.29. The zero-order chi connectivity index (χ0) is 9.31. The summed E-state index contributed by atoms with van der Waals surface area (Å²) < 4.78 is 0. The minimum atomic E-state index is 0.338. The zero-order valence-electron chi connectivity index (χ0n) is 8.18. The average molecular weight is 195 g/mol. The van der Waals surface area contributed by atoms with Crippen LogP contribution in [0.2, 0.25) is 0 Å². The monoisotopic (exact) mass is 195 g/mol. The van der Waals surface area contributed by atoms with Gasteiger partial charge in [0.05, 0.1) is 0 Å². The van der Waals surface area contributed by atoms with Crippen molar-refractivity contribution in [3.63, 3.8) is 0 Å². The highest BCUT2D eigenvalue weighted by atomic mass is 32.1. The molecule has 0 unspecified atom stereocenters. The second kappa shape index (κ2) is 3.43. The van der Waals surface area contributed by atoms with Gasteiger partial charge in [0.2, 0.25) is 0 Å². The van der Waals surface area contributed by atoms with Gasteiger partial charge in [-0.2, -0.15) is 0 Å². The van der Waals surface area contributed by atoms with Crippen molar-refractivity contribution in [1.29, 1.82) is 0 Å². The number of nitrogens with two attached hydrogens (primary N) is 1. The summed E-state index contributed by atoms with van der Waals surface area (Å²) in [7, 11) is 0. The smallest absolute Gasteiger partial charge is 0.00838 e. The lowest BCUT2D eigenvalue weighted by atomic mass is 9.80. The Morgan fingerprint density at radius 1 is 1.46 bits per heavy atom. The third-order valence-corrected chi connectivity index (χ3v) is 4.16. The van der Waals surface area contributed by atoms with E-state index in [1.165, 1.54) is 36.1 Å². The average Bonchev–Trinajstić information content (AvgIpc) is 2.73. The van der Waals surface area contributed by atoms with E-state index in [2.05, 4.69) is 18.4 Å². The maximum atomic E-state index is 5.91. The molecule has 72 valence electrons. The molecule has 0 saturated heterocycles.